The van der Waals surface area contributed by atoms with E-state index in [1.54, 1.807) is 6.07 Å². The Kier molecular flexibility index (Phi) is 3.17. The molecule has 18 heavy (non-hydrogen) atoms. The Bertz CT molecular complexity index is 444. The van der Waals surface area contributed by atoms with Crippen LogP contribution in [-0.4, -0.2) is 23.4 Å². The van der Waals surface area contributed by atoms with Crippen LogP contribution in [0.15, 0.2) is 18.2 Å². The van der Waals surface area contributed by atoms with E-state index in [9.17, 15) is 5.11 Å². The van der Waals surface area contributed by atoms with Gasteiger partial charge in [-0.15, -0.1) is 0 Å². The number of aliphatic hydroxyl groups is 1. The summed E-state index contributed by atoms with van der Waals surface area (Å²) < 4.78 is 11.9. The van der Waals surface area contributed by atoms with Crippen molar-refractivity contribution in [3.63, 3.8) is 0 Å². The van der Waals surface area contributed by atoms with Gasteiger partial charge in [0.15, 0.2) is 0 Å². The van der Waals surface area contributed by atoms with Crippen LogP contribution in [0.5, 0.6) is 0 Å². The SMILES string of the molecule is CC1(C)OB(c2ccc(N)c(CO)c2)OC1(C)C. The van der Waals surface area contributed by atoms with E-state index in [0.717, 1.165) is 5.46 Å². The number of hydrogen-bond donors (Lipinski definition) is 2. The summed E-state index contributed by atoms with van der Waals surface area (Å²) in [6.45, 7) is 7.96. The van der Waals surface area contributed by atoms with Crippen molar-refractivity contribution < 1.29 is 14.4 Å². The molecular formula is C13H20BNO3. The van der Waals surface area contributed by atoms with Gasteiger partial charge in [-0.25, -0.2) is 0 Å². The standard InChI is InChI=1S/C13H20BNO3/c1-12(2)13(3,4)18-14(17-12)10-5-6-11(15)9(7-10)8-16/h5-7,16H,8,15H2,1-4H3. The van der Waals surface area contributed by atoms with E-state index in [2.05, 4.69) is 0 Å². The van der Waals surface area contributed by atoms with Crippen LogP contribution in [-0.2, 0) is 15.9 Å². The van der Waals surface area contributed by atoms with Gasteiger partial charge >= 0.3 is 7.12 Å². The summed E-state index contributed by atoms with van der Waals surface area (Å²) >= 11 is 0. The highest BCUT2D eigenvalue weighted by atomic mass is 16.7. The topological polar surface area (TPSA) is 64.7 Å². The minimum absolute atomic E-state index is 0.0841. The van der Waals surface area contributed by atoms with Gasteiger partial charge in [-0.05, 0) is 39.2 Å². The van der Waals surface area contributed by atoms with E-state index in [1.165, 1.54) is 0 Å². The molecule has 1 heterocycles. The van der Waals surface area contributed by atoms with Gasteiger partial charge in [0.25, 0.3) is 0 Å². The summed E-state index contributed by atoms with van der Waals surface area (Å²) in [5, 5.41) is 9.23. The van der Waals surface area contributed by atoms with Crippen LogP contribution in [0.3, 0.4) is 0 Å². The molecule has 0 aliphatic carbocycles. The van der Waals surface area contributed by atoms with Gasteiger partial charge in [0.05, 0.1) is 17.8 Å². The number of anilines is 1. The lowest BCUT2D eigenvalue weighted by atomic mass is 9.78. The molecule has 4 nitrogen and oxygen atoms in total. The highest BCUT2D eigenvalue weighted by molar-refractivity contribution is 6.62. The first-order valence-corrected chi connectivity index (χ1v) is 6.11. The van der Waals surface area contributed by atoms with Crippen LogP contribution < -0.4 is 11.2 Å². The van der Waals surface area contributed by atoms with Gasteiger partial charge in [0.2, 0.25) is 0 Å². The van der Waals surface area contributed by atoms with Gasteiger partial charge in [-0.2, -0.15) is 0 Å². The highest BCUT2D eigenvalue weighted by Crippen LogP contribution is 2.36. The molecule has 0 saturated carbocycles. The van der Waals surface area contributed by atoms with Gasteiger partial charge < -0.3 is 20.1 Å². The molecule has 1 aromatic carbocycles. The van der Waals surface area contributed by atoms with E-state index in [-0.39, 0.29) is 17.8 Å². The maximum Gasteiger partial charge on any atom is 0.494 e. The zero-order valence-corrected chi connectivity index (χ0v) is 11.4. The zero-order valence-electron chi connectivity index (χ0n) is 11.4. The fourth-order valence-corrected chi connectivity index (χ4v) is 1.89. The molecular weight excluding hydrogens is 229 g/mol. The second kappa shape index (κ2) is 4.26. The number of rotatable bonds is 2. The predicted octanol–water partition coefficient (Wildman–Crippen LogP) is 1.06. The minimum Gasteiger partial charge on any atom is -0.399 e. The van der Waals surface area contributed by atoms with E-state index in [1.807, 2.05) is 39.8 Å². The normalized spacial score (nSPS) is 21.3. The second-order valence-corrected chi connectivity index (χ2v) is 5.70. The van der Waals surface area contributed by atoms with Gasteiger partial charge in [-0.1, -0.05) is 12.1 Å². The Morgan fingerprint density at radius 3 is 2.22 bits per heavy atom. The number of nitrogen functional groups attached to an aromatic ring is 1. The number of nitrogens with two attached hydrogens (primary N) is 1. The molecule has 1 aliphatic heterocycles. The lowest BCUT2D eigenvalue weighted by Crippen LogP contribution is -2.41. The quantitative estimate of drug-likeness (QED) is 0.607. The predicted molar refractivity (Wildman–Crippen MR) is 72.5 cm³/mol. The Balaban J connectivity index is 2.30. The maximum atomic E-state index is 9.23. The van der Waals surface area contributed by atoms with E-state index < -0.39 is 7.12 Å². The molecule has 1 fully saturated rings. The van der Waals surface area contributed by atoms with Crippen molar-refractivity contribution in [2.24, 2.45) is 0 Å². The fourth-order valence-electron chi connectivity index (χ4n) is 1.89. The van der Waals surface area contributed by atoms with Crippen molar-refractivity contribution in [1.82, 2.24) is 0 Å². The molecule has 1 saturated heterocycles. The average molecular weight is 249 g/mol. The zero-order chi connectivity index (χ0) is 13.6. The van der Waals surface area contributed by atoms with Crippen molar-refractivity contribution in [1.29, 1.82) is 0 Å². The first-order valence-electron chi connectivity index (χ1n) is 6.11. The van der Waals surface area contributed by atoms with Crippen molar-refractivity contribution in [3.05, 3.63) is 23.8 Å². The van der Waals surface area contributed by atoms with E-state index in [0.29, 0.717) is 11.3 Å². The minimum atomic E-state index is -0.416. The third kappa shape index (κ3) is 2.14. The summed E-state index contributed by atoms with van der Waals surface area (Å²) in [6, 6.07) is 5.47. The summed E-state index contributed by atoms with van der Waals surface area (Å²) in [4.78, 5) is 0. The van der Waals surface area contributed by atoms with Crippen molar-refractivity contribution in [2.75, 3.05) is 5.73 Å². The number of benzene rings is 1. The van der Waals surface area contributed by atoms with Crippen molar-refractivity contribution >= 4 is 18.3 Å². The maximum absolute atomic E-state index is 9.23. The third-order valence-electron chi connectivity index (χ3n) is 3.86. The molecule has 0 unspecified atom stereocenters. The lowest BCUT2D eigenvalue weighted by molar-refractivity contribution is 0.00578. The Morgan fingerprint density at radius 2 is 1.72 bits per heavy atom. The summed E-state index contributed by atoms with van der Waals surface area (Å²) in [6.07, 6.45) is 0. The molecule has 3 N–H and O–H groups in total. The molecule has 2 rings (SSSR count). The third-order valence-corrected chi connectivity index (χ3v) is 3.86. The van der Waals surface area contributed by atoms with Crippen LogP contribution in [0.25, 0.3) is 0 Å². The Hall–Kier alpha value is -1.04. The molecule has 0 radical (unpaired) electrons. The first-order chi connectivity index (χ1) is 8.27. The second-order valence-electron chi connectivity index (χ2n) is 5.70. The average Bonchev–Trinajstić information content (AvgIpc) is 2.49. The van der Waals surface area contributed by atoms with Crippen LogP contribution in [0, 0.1) is 0 Å². The van der Waals surface area contributed by atoms with Crippen molar-refractivity contribution in [2.45, 2.75) is 45.5 Å². The Labute approximate surface area is 108 Å². The highest BCUT2D eigenvalue weighted by Gasteiger charge is 2.51. The molecule has 0 spiro atoms. The summed E-state index contributed by atoms with van der Waals surface area (Å²) in [5.74, 6) is 0. The van der Waals surface area contributed by atoms with Gasteiger partial charge in [0, 0.05) is 11.3 Å². The fraction of sp³-hybridized carbons (Fsp3) is 0.538. The monoisotopic (exact) mass is 249 g/mol. The molecule has 5 heteroatoms. The van der Waals surface area contributed by atoms with E-state index in [4.69, 9.17) is 15.0 Å². The van der Waals surface area contributed by atoms with E-state index >= 15 is 0 Å². The smallest absolute Gasteiger partial charge is 0.399 e. The van der Waals surface area contributed by atoms with Crippen molar-refractivity contribution in [3.8, 4) is 0 Å². The number of aliphatic hydroxyl groups excluding tert-OH is 1. The van der Waals surface area contributed by atoms with Crippen LogP contribution in [0.2, 0.25) is 0 Å². The van der Waals surface area contributed by atoms with Crippen LogP contribution >= 0.6 is 0 Å². The first kappa shape index (κ1) is 13.4. The molecule has 1 aliphatic rings. The largest absolute Gasteiger partial charge is 0.494 e. The molecule has 0 amide bonds. The van der Waals surface area contributed by atoms with Gasteiger partial charge in [0.1, 0.15) is 0 Å². The summed E-state index contributed by atoms with van der Waals surface area (Å²) in [5.41, 5.74) is 7.20. The van der Waals surface area contributed by atoms with Crippen LogP contribution in [0.1, 0.15) is 33.3 Å². The number of hydrogen-bond acceptors (Lipinski definition) is 4. The molecule has 0 atom stereocenters. The molecule has 1 aromatic rings. The molecule has 0 bridgehead atoms. The molecule has 0 aromatic heterocycles. The lowest BCUT2D eigenvalue weighted by Gasteiger charge is -2.32. The van der Waals surface area contributed by atoms with Crippen LogP contribution in [0.4, 0.5) is 5.69 Å². The summed E-state index contributed by atoms with van der Waals surface area (Å²) in [7, 11) is -0.416. The molecule has 98 valence electrons. The Morgan fingerprint density at radius 1 is 1.17 bits per heavy atom. The van der Waals surface area contributed by atoms with Gasteiger partial charge in [-0.3, -0.25) is 0 Å².